The van der Waals surface area contributed by atoms with E-state index in [1.165, 1.54) is 0 Å². The Labute approximate surface area is 221 Å². The summed E-state index contributed by atoms with van der Waals surface area (Å²) in [5, 5.41) is 9.05. The molecule has 38 heavy (non-hydrogen) atoms. The maximum absolute atomic E-state index is 11.8. The van der Waals surface area contributed by atoms with Gasteiger partial charge in [-0.2, -0.15) is 10.2 Å². The van der Waals surface area contributed by atoms with E-state index in [0.29, 0.717) is 29.4 Å². The van der Waals surface area contributed by atoms with Crippen LogP contribution in [0.2, 0.25) is 0 Å². The number of carbonyl (C=O) groups is 3. The number of anilines is 1. The molecule has 1 aromatic carbocycles. The van der Waals surface area contributed by atoms with Gasteiger partial charge in [-0.3, -0.25) is 9.59 Å². The molecule has 2 heterocycles. The molecule has 0 N–H and O–H groups in total. The van der Waals surface area contributed by atoms with Crippen LogP contribution >= 0.6 is 0 Å². The third-order valence-electron chi connectivity index (χ3n) is 5.83. The summed E-state index contributed by atoms with van der Waals surface area (Å²) < 4.78 is 34.2. The van der Waals surface area contributed by atoms with Gasteiger partial charge in [-0.05, 0) is 43.5 Å². The Bertz CT molecular complexity index is 1230. The summed E-state index contributed by atoms with van der Waals surface area (Å²) in [4.78, 5) is 41.5. The smallest absolute Gasteiger partial charge is 0.333 e. The molecule has 0 spiro atoms. The first-order valence-electron chi connectivity index (χ1n) is 12.3. The number of hydrogen-bond acceptors (Lipinski definition) is 10. The molecule has 1 saturated heterocycles. The number of aromatic nitrogens is 1. The van der Waals surface area contributed by atoms with Gasteiger partial charge in [0.1, 0.15) is 6.54 Å². The molecule has 0 aliphatic carbocycles. The van der Waals surface area contributed by atoms with E-state index in [1.54, 1.807) is 12.1 Å². The van der Waals surface area contributed by atoms with Crippen molar-refractivity contribution in [2.24, 2.45) is 10.2 Å². The largest absolute Gasteiger partial charge is 0.748 e. The van der Waals surface area contributed by atoms with Crippen molar-refractivity contribution in [3.8, 4) is 0 Å². The number of carbonyl (C=O) groups excluding carboxylic acids is 3. The molecule has 13 heteroatoms. The van der Waals surface area contributed by atoms with Crippen LogP contribution in [-0.2, 0) is 35.9 Å². The second kappa shape index (κ2) is 13.7. The van der Waals surface area contributed by atoms with E-state index >= 15 is 0 Å². The zero-order valence-corrected chi connectivity index (χ0v) is 22.0. The van der Waals surface area contributed by atoms with Crippen LogP contribution in [0.4, 0.5) is 17.1 Å². The number of unbranched alkanes of at least 4 members (excludes halogenated alkanes) is 2. The average Bonchev–Trinajstić information content (AvgIpc) is 3.19. The highest BCUT2D eigenvalue weighted by Crippen LogP contribution is 2.21. The molecule has 1 aromatic heterocycles. The zero-order valence-electron chi connectivity index (χ0n) is 21.2. The molecular formula is C25H31N5O7S. The SMILES string of the molecule is CN(CCCS(=O)(=O)[O-])c1ccc(N=Nc2cc[n+](CCCCCC(=O)ON3C(=O)CCC3=O)cc2)cc1. The number of hydroxylamine groups is 2. The van der Waals surface area contributed by atoms with Crippen molar-refractivity contribution in [3.63, 3.8) is 0 Å². The van der Waals surface area contributed by atoms with E-state index in [0.717, 1.165) is 25.1 Å². The van der Waals surface area contributed by atoms with Crippen LogP contribution in [0, 0.1) is 0 Å². The van der Waals surface area contributed by atoms with E-state index in [2.05, 4.69) is 10.2 Å². The van der Waals surface area contributed by atoms with Gasteiger partial charge in [-0.1, -0.05) is 0 Å². The van der Waals surface area contributed by atoms with E-state index in [-0.39, 0.29) is 31.4 Å². The number of benzene rings is 1. The second-order valence-corrected chi connectivity index (χ2v) is 10.4. The number of aryl methyl sites for hydroxylation is 1. The maximum atomic E-state index is 11.8. The van der Waals surface area contributed by atoms with Crippen molar-refractivity contribution in [2.45, 2.75) is 51.5 Å². The molecular weight excluding hydrogens is 514 g/mol. The number of nitrogens with zero attached hydrogens (tertiary/aromatic N) is 5. The Hall–Kier alpha value is -3.71. The third kappa shape index (κ3) is 9.63. The molecule has 0 radical (unpaired) electrons. The van der Waals surface area contributed by atoms with Crippen molar-refractivity contribution in [1.82, 2.24) is 5.06 Å². The molecule has 204 valence electrons. The molecule has 2 aromatic rings. The molecule has 2 amide bonds. The van der Waals surface area contributed by atoms with Gasteiger partial charge >= 0.3 is 5.97 Å². The third-order valence-corrected chi connectivity index (χ3v) is 6.62. The Kier molecular flexibility index (Phi) is 10.4. The number of amides is 2. The maximum Gasteiger partial charge on any atom is 0.333 e. The van der Waals surface area contributed by atoms with Gasteiger partial charge < -0.3 is 14.3 Å². The van der Waals surface area contributed by atoms with Crippen molar-refractivity contribution in [2.75, 3.05) is 24.2 Å². The van der Waals surface area contributed by atoms with Gasteiger partial charge in [-0.25, -0.2) is 17.8 Å². The van der Waals surface area contributed by atoms with E-state index < -0.39 is 27.9 Å². The minimum absolute atomic E-state index is 0.0821. The molecule has 0 bridgehead atoms. The predicted molar refractivity (Wildman–Crippen MR) is 135 cm³/mol. The fourth-order valence-corrected chi connectivity index (χ4v) is 4.19. The van der Waals surface area contributed by atoms with Gasteiger partial charge in [-0.15, -0.1) is 5.06 Å². The Morgan fingerprint density at radius 3 is 2.18 bits per heavy atom. The minimum atomic E-state index is -4.20. The van der Waals surface area contributed by atoms with Crippen LogP contribution in [0.15, 0.2) is 59.0 Å². The topological polar surface area (TPSA) is 153 Å². The molecule has 0 unspecified atom stereocenters. The minimum Gasteiger partial charge on any atom is -0.748 e. The molecule has 1 aliphatic heterocycles. The van der Waals surface area contributed by atoms with Crippen LogP contribution in [0.5, 0.6) is 0 Å². The molecule has 12 nitrogen and oxygen atoms in total. The number of azo groups is 1. The van der Waals surface area contributed by atoms with Crippen LogP contribution in [0.3, 0.4) is 0 Å². The first-order valence-corrected chi connectivity index (χ1v) is 13.9. The fraction of sp³-hybridized carbons (Fsp3) is 0.440. The molecule has 1 fully saturated rings. The Balaban J connectivity index is 1.35. The van der Waals surface area contributed by atoms with Gasteiger partial charge in [0, 0.05) is 62.8 Å². The lowest BCUT2D eigenvalue weighted by Gasteiger charge is -2.19. The second-order valence-electron chi connectivity index (χ2n) is 8.90. The van der Waals surface area contributed by atoms with Gasteiger partial charge in [0.25, 0.3) is 11.8 Å². The van der Waals surface area contributed by atoms with E-state index in [1.807, 2.05) is 53.2 Å². The fourth-order valence-electron chi connectivity index (χ4n) is 3.71. The normalized spacial score (nSPS) is 13.9. The predicted octanol–water partition coefficient (Wildman–Crippen LogP) is 2.93. The van der Waals surface area contributed by atoms with Crippen LogP contribution in [0.1, 0.15) is 44.9 Å². The van der Waals surface area contributed by atoms with Crippen molar-refractivity contribution in [3.05, 3.63) is 48.8 Å². The standard InChI is InChI=1S/C25H31N5O7S/c1-28(15-5-19-38(34,35)36)22-9-7-20(8-10-22)26-27-21-13-17-29(18-14-21)16-4-2-3-6-25(33)37-30-23(31)11-12-24(30)32/h7-10,13-14,17-18H,2-6,11-12,15-16,19H2,1H3. The van der Waals surface area contributed by atoms with Crippen LogP contribution in [0.25, 0.3) is 0 Å². The van der Waals surface area contributed by atoms with Crippen molar-refractivity contribution < 1.29 is 36.8 Å². The summed E-state index contributed by atoms with van der Waals surface area (Å²) in [7, 11) is -2.38. The monoisotopic (exact) mass is 545 g/mol. The highest BCUT2D eigenvalue weighted by Gasteiger charge is 2.32. The zero-order chi connectivity index (χ0) is 27.5. The van der Waals surface area contributed by atoms with Crippen LogP contribution in [-0.4, -0.2) is 55.2 Å². The van der Waals surface area contributed by atoms with Crippen molar-refractivity contribution in [1.29, 1.82) is 0 Å². The van der Waals surface area contributed by atoms with Gasteiger partial charge in [0.2, 0.25) is 0 Å². The highest BCUT2D eigenvalue weighted by molar-refractivity contribution is 7.85. The molecule has 0 saturated carbocycles. The summed E-state index contributed by atoms with van der Waals surface area (Å²) in [6.45, 7) is 1.20. The summed E-state index contributed by atoms with van der Waals surface area (Å²) in [6.07, 6.45) is 6.58. The number of pyridine rings is 1. The quantitative estimate of drug-likeness (QED) is 0.115. The highest BCUT2D eigenvalue weighted by atomic mass is 32.2. The summed E-state index contributed by atoms with van der Waals surface area (Å²) in [6, 6.07) is 11.0. The first kappa shape index (κ1) is 28.9. The summed E-state index contributed by atoms with van der Waals surface area (Å²) >= 11 is 0. The van der Waals surface area contributed by atoms with Gasteiger partial charge in [0.15, 0.2) is 12.4 Å². The number of hydrogen-bond donors (Lipinski definition) is 0. The lowest BCUT2D eigenvalue weighted by Crippen LogP contribution is -2.32. The van der Waals surface area contributed by atoms with Crippen molar-refractivity contribution >= 4 is 45.0 Å². The Morgan fingerprint density at radius 1 is 0.974 bits per heavy atom. The summed E-state index contributed by atoms with van der Waals surface area (Å²) in [5.74, 6) is -1.91. The molecule has 1 aliphatic rings. The van der Waals surface area contributed by atoms with E-state index in [4.69, 9.17) is 4.84 Å². The first-order chi connectivity index (χ1) is 18.1. The number of imide groups is 1. The summed E-state index contributed by atoms with van der Waals surface area (Å²) in [5.41, 5.74) is 2.23. The average molecular weight is 546 g/mol. The molecule has 0 atom stereocenters. The van der Waals surface area contributed by atoms with Crippen LogP contribution < -0.4 is 9.47 Å². The molecule has 3 rings (SSSR count). The van der Waals surface area contributed by atoms with Gasteiger partial charge in [0.05, 0.1) is 21.5 Å². The Morgan fingerprint density at radius 2 is 1.58 bits per heavy atom. The number of rotatable bonds is 14. The lowest BCUT2D eigenvalue weighted by molar-refractivity contribution is -0.697. The van der Waals surface area contributed by atoms with E-state index in [9.17, 15) is 27.4 Å². The lowest BCUT2D eigenvalue weighted by atomic mass is 10.2.